The number of halogens is 6. The average molecular weight is 453 g/mol. The number of thiophene rings is 1. The lowest BCUT2D eigenvalue weighted by Gasteiger charge is -2.25. The minimum absolute atomic E-state index is 0.113. The van der Waals surface area contributed by atoms with Gasteiger partial charge in [-0.3, -0.25) is 9.78 Å². The first-order valence-corrected chi connectivity index (χ1v) is 9.81. The van der Waals surface area contributed by atoms with E-state index in [0.29, 0.717) is 10.4 Å². The van der Waals surface area contributed by atoms with Crippen molar-refractivity contribution in [2.75, 3.05) is 0 Å². The highest BCUT2D eigenvalue weighted by molar-refractivity contribution is 7.15. The van der Waals surface area contributed by atoms with E-state index in [0.717, 1.165) is 41.9 Å². The van der Waals surface area contributed by atoms with Gasteiger partial charge in [0.1, 0.15) is 0 Å². The molecule has 0 fully saturated rings. The Kier molecular flexibility index (Phi) is 4.84. The molecule has 3 aromatic rings. The van der Waals surface area contributed by atoms with Gasteiger partial charge in [-0.25, -0.2) is 0 Å². The number of carbonyl (C=O) groups excluding carboxylic acids is 1. The second-order valence-electron chi connectivity index (χ2n) is 6.98. The standard InChI is InChI=1S/C22H13F6NOS/c1-12-15(11-16(31-12)13-5-3-2-4-6-13)17-18(19(30)14-7-9-29-10-8-14)21(25,26)22(27,28)20(17,23)24/h2-11H,1H3. The molecule has 0 saturated carbocycles. The number of hydrogen-bond acceptors (Lipinski definition) is 3. The molecule has 1 aromatic carbocycles. The van der Waals surface area contributed by atoms with Gasteiger partial charge in [0, 0.05) is 33.3 Å². The Balaban J connectivity index is 2.00. The molecule has 0 aliphatic heterocycles. The second kappa shape index (κ2) is 7.05. The minimum Gasteiger partial charge on any atom is -0.289 e. The molecule has 4 rings (SSSR count). The van der Waals surface area contributed by atoms with Gasteiger partial charge in [0.25, 0.3) is 0 Å². The molecule has 1 aliphatic rings. The largest absolute Gasteiger partial charge is 0.380 e. The normalized spacial score (nSPS) is 18.9. The lowest BCUT2D eigenvalue weighted by Crippen LogP contribution is -2.49. The number of pyridine rings is 1. The summed E-state index contributed by atoms with van der Waals surface area (Å²) in [5.41, 5.74) is -3.87. The number of aryl methyl sites for hydroxylation is 1. The molecule has 2 nitrogen and oxygen atoms in total. The third-order valence-corrected chi connectivity index (χ3v) is 6.18. The van der Waals surface area contributed by atoms with Gasteiger partial charge < -0.3 is 0 Å². The van der Waals surface area contributed by atoms with Crippen LogP contribution in [0.3, 0.4) is 0 Å². The SMILES string of the molecule is Cc1sc(-c2ccccc2)cc1C1=C(C(=O)c2ccncc2)C(F)(F)C(F)(F)C1(F)F. The fraction of sp³-hybridized carbons (Fsp3) is 0.182. The molecule has 1 aliphatic carbocycles. The number of alkyl halides is 6. The number of benzene rings is 1. The van der Waals surface area contributed by atoms with Crippen molar-refractivity contribution in [2.45, 2.75) is 24.7 Å². The van der Waals surface area contributed by atoms with Gasteiger partial charge >= 0.3 is 17.8 Å². The highest BCUT2D eigenvalue weighted by atomic mass is 32.1. The van der Waals surface area contributed by atoms with E-state index in [2.05, 4.69) is 4.98 Å². The summed E-state index contributed by atoms with van der Waals surface area (Å²) in [5, 5.41) is 0. The van der Waals surface area contributed by atoms with Crippen LogP contribution in [0.5, 0.6) is 0 Å². The van der Waals surface area contributed by atoms with E-state index in [-0.39, 0.29) is 4.88 Å². The van der Waals surface area contributed by atoms with Gasteiger partial charge in [-0.15, -0.1) is 11.3 Å². The molecule has 31 heavy (non-hydrogen) atoms. The van der Waals surface area contributed by atoms with Crippen LogP contribution < -0.4 is 0 Å². The monoisotopic (exact) mass is 453 g/mol. The maximum absolute atomic E-state index is 14.8. The molecule has 0 atom stereocenters. The van der Waals surface area contributed by atoms with E-state index in [1.807, 2.05) is 0 Å². The van der Waals surface area contributed by atoms with Gasteiger partial charge in [0.05, 0.1) is 5.57 Å². The van der Waals surface area contributed by atoms with Crippen molar-refractivity contribution in [3.63, 3.8) is 0 Å². The zero-order chi connectivity index (χ0) is 22.6. The Labute approximate surface area is 176 Å². The first-order valence-electron chi connectivity index (χ1n) is 8.99. The molecular weight excluding hydrogens is 440 g/mol. The molecule has 0 N–H and O–H groups in total. The first-order chi connectivity index (χ1) is 14.5. The lowest BCUT2D eigenvalue weighted by molar-refractivity contribution is -0.259. The molecular formula is C22H13F6NOS. The van der Waals surface area contributed by atoms with Gasteiger partial charge in [0.2, 0.25) is 0 Å². The lowest BCUT2D eigenvalue weighted by atomic mass is 9.94. The second-order valence-corrected chi connectivity index (χ2v) is 8.24. The molecule has 0 saturated heterocycles. The van der Waals surface area contributed by atoms with Crippen LogP contribution in [0.25, 0.3) is 16.0 Å². The van der Waals surface area contributed by atoms with Crippen LogP contribution in [0.15, 0.2) is 66.5 Å². The van der Waals surface area contributed by atoms with Crippen LogP contribution in [-0.2, 0) is 0 Å². The summed E-state index contributed by atoms with van der Waals surface area (Å²) in [7, 11) is 0. The molecule has 160 valence electrons. The van der Waals surface area contributed by atoms with Crippen LogP contribution in [0.1, 0.15) is 20.8 Å². The number of hydrogen-bond donors (Lipinski definition) is 0. The third kappa shape index (κ3) is 3.02. The van der Waals surface area contributed by atoms with Crippen LogP contribution in [0.2, 0.25) is 0 Å². The summed E-state index contributed by atoms with van der Waals surface area (Å²) in [4.78, 5) is 16.9. The zero-order valence-electron chi connectivity index (χ0n) is 15.8. The van der Waals surface area contributed by atoms with E-state index < -0.39 is 45.8 Å². The average Bonchev–Trinajstić information content (AvgIpc) is 3.17. The van der Waals surface area contributed by atoms with Gasteiger partial charge in [0.15, 0.2) is 5.78 Å². The summed E-state index contributed by atoms with van der Waals surface area (Å²) < 4.78 is 87.7. The van der Waals surface area contributed by atoms with E-state index >= 15 is 0 Å². The molecule has 9 heteroatoms. The molecule has 0 bridgehead atoms. The molecule has 0 amide bonds. The van der Waals surface area contributed by atoms with Crippen molar-refractivity contribution in [3.05, 3.63) is 82.5 Å². The number of allylic oxidation sites excluding steroid dienone is 2. The van der Waals surface area contributed by atoms with Gasteiger partial charge in [-0.05, 0) is 36.2 Å². The fourth-order valence-corrected chi connectivity index (χ4v) is 4.54. The molecule has 0 spiro atoms. The first kappa shape index (κ1) is 21.3. The molecule has 2 heterocycles. The summed E-state index contributed by atoms with van der Waals surface area (Å²) >= 11 is 0.986. The van der Waals surface area contributed by atoms with E-state index in [1.54, 1.807) is 30.3 Å². The van der Waals surface area contributed by atoms with Crippen LogP contribution in [-0.4, -0.2) is 28.5 Å². The summed E-state index contributed by atoms with van der Waals surface area (Å²) in [5.74, 6) is -18.0. The highest BCUT2D eigenvalue weighted by Crippen LogP contribution is 2.63. The highest BCUT2D eigenvalue weighted by Gasteiger charge is 2.81. The van der Waals surface area contributed by atoms with Crippen LogP contribution in [0, 0.1) is 6.92 Å². The van der Waals surface area contributed by atoms with Gasteiger partial charge in [-0.2, -0.15) is 26.3 Å². The zero-order valence-corrected chi connectivity index (χ0v) is 16.6. The Morgan fingerprint density at radius 1 is 0.903 bits per heavy atom. The van der Waals surface area contributed by atoms with Gasteiger partial charge in [-0.1, -0.05) is 30.3 Å². The topological polar surface area (TPSA) is 30.0 Å². The summed E-state index contributed by atoms with van der Waals surface area (Å²) in [6.45, 7) is 1.36. The Bertz CT molecular complexity index is 1190. The number of aromatic nitrogens is 1. The van der Waals surface area contributed by atoms with Crippen molar-refractivity contribution in [1.82, 2.24) is 4.98 Å². The smallest absolute Gasteiger partial charge is 0.289 e. The molecule has 0 unspecified atom stereocenters. The van der Waals surface area contributed by atoms with Crippen molar-refractivity contribution >= 4 is 22.7 Å². The fourth-order valence-electron chi connectivity index (χ4n) is 3.51. The maximum Gasteiger partial charge on any atom is 0.380 e. The quantitative estimate of drug-likeness (QED) is 0.326. The van der Waals surface area contributed by atoms with E-state index in [9.17, 15) is 31.1 Å². The number of carbonyl (C=O) groups is 1. The third-order valence-electron chi connectivity index (χ3n) is 5.08. The number of rotatable bonds is 4. The Morgan fingerprint density at radius 3 is 2.13 bits per heavy atom. The minimum atomic E-state index is -5.77. The van der Waals surface area contributed by atoms with Crippen molar-refractivity contribution in [3.8, 4) is 10.4 Å². The van der Waals surface area contributed by atoms with E-state index in [4.69, 9.17) is 0 Å². The maximum atomic E-state index is 14.8. The van der Waals surface area contributed by atoms with Crippen molar-refractivity contribution in [2.24, 2.45) is 0 Å². The predicted octanol–water partition coefficient (Wildman–Crippen LogP) is 6.67. The van der Waals surface area contributed by atoms with Crippen molar-refractivity contribution < 1.29 is 31.1 Å². The van der Waals surface area contributed by atoms with Crippen molar-refractivity contribution in [1.29, 1.82) is 0 Å². The number of Topliss-reactive ketones (excluding diaryl/α,β-unsaturated/α-hetero) is 1. The van der Waals surface area contributed by atoms with Crippen LogP contribution in [0.4, 0.5) is 26.3 Å². The molecule has 2 aromatic heterocycles. The predicted molar refractivity (Wildman–Crippen MR) is 105 cm³/mol. The summed E-state index contributed by atoms with van der Waals surface area (Å²) in [6.07, 6.45) is 2.17. The number of ketones is 1. The molecule has 0 radical (unpaired) electrons. The summed E-state index contributed by atoms with van der Waals surface area (Å²) in [6, 6.07) is 11.6. The Hall–Kier alpha value is -2.94. The number of nitrogens with zero attached hydrogens (tertiary/aromatic N) is 1. The Morgan fingerprint density at radius 2 is 1.52 bits per heavy atom. The van der Waals surface area contributed by atoms with E-state index in [1.165, 1.54) is 6.92 Å². The van der Waals surface area contributed by atoms with Crippen LogP contribution >= 0.6 is 11.3 Å².